The maximum Gasteiger partial charge on any atom is 0.329 e. The predicted molar refractivity (Wildman–Crippen MR) is 52.4 cm³/mol. The van der Waals surface area contributed by atoms with Crippen molar-refractivity contribution in [3.63, 3.8) is 0 Å². The molecule has 0 bridgehead atoms. The first-order chi connectivity index (χ1) is 6.72. The zero-order chi connectivity index (χ0) is 12.1. The van der Waals surface area contributed by atoms with E-state index in [1.807, 2.05) is 0 Å². The van der Waals surface area contributed by atoms with E-state index in [2.05, 4.69) is 4.74 Å². The van der Waals surface area contributed by atoms with Crippen molar-refractivity contribution in [2.24, 2.45) is 0 Å². The van der Waals surface area contributed by atoms with Gasteiger partial charge in [-0.15, -0.1) is 0 Å². The van der Waals surface area contributed by atoms with Crippen LogP contribution in [-0.4, -0.2) is 59.4 Å². The molecule has 0 aromatic rings. The van der Waals surface area contributed by atoms with E-state index in [-0.39, 0.29) is 19.1 Å². The van der Waals surface area contributed by atoms with Crippen LogP contribution in [0.4, 0.5) is 0 Å². The molecule has 6 nitrogen and oxygen atoms in total. The summed E-state index contributed by atoms with van der Waals surface area (Å²) in [6.45, 7) is 2.53. The highest BCUT2D eigenvalue weighted by molar-refractivity contribution is 5.77. The molecule has 0 spiro atoms. The van der Waals surface area contributed by atoms with Crippen LogP contribution in [0.1, 0.15) is 13.8 Å². The molecule has 0 atom stereocenters. The predicted octanol–water partition coefficient (Wildman–Crippen LogP) is -0.683. The third-order valence-electron chi connectivity index (χ3n) is 1.50. The molecule has 0 radical (unpaired) electrons. The molecule has 0 saturated heterocycles. The van der Waals surface area contributed by atoms with E-state index in [0.717, 1.165) is 0 Å². The van der Waals surface area contributed by atoms with Crippen molar-refractivity contribution in [3.05, 3.63) is 0 Å². The van der Waals surface area contributed by atoms with Crippen LogP contribution in [0.5, 0.6) is 0 Å². The minimum absolute atomic E-state index is 0.169. The lowest BCUT2D eigenvalue weighted by Gasteiger charge is -2.25. The number of hydrogen-bond donors (Lipinski definition) is 2. The quantitative estimate of drug-likeness (QED) is 0.618. The number of amides is 1. The number of aliphatic carboxylic acids is 1. The Hall–Kier alpha value is -1.14. The van der Waals surface area contributed by atoms with Crippen LogP contribution in [0.2, 0.25) is 0 Å². The Kier molecular flexibility index (Phi) is 5.24. The average molecular weight is 219 g/mol. The number of hydrogen-bond acceptors (Lipinski definition) is 4. The molecule has 2 N–H and O–H groups in total. The molecule has 0 aliphatic rings. The Labute approximate surface area is 88.4 Å². The van der Waals surface area contributed by atoms with Gasteiger partial charge in [-0.1, -0.05) is 0 Å². The summed E-state index contributed by atoms with van der Waals surface area (Å²) in [4.78, 5) is 22.7. The average Bonchev–Trinajstić information content (AvgIpc) is 1.99. The number of likely N-dealkylation sites (N-methyl/N-ethyl adjacent to an activating group) is 1. The van der Waals surface area contributed by atoms with Crippen LogP contribution in [0.3, 0.4) is 0 Å². The van der Waals surface area contributed by atoms with Gasteiger partial charge in [-0.05, 0) is 13.8 Å². The van der Waals surface area contributed by atoms with Gasteiger partial charge < -0.3 is 19.8 Å². The monoisotopic (exact) mass is 219 g/mol. The van der Waals surface area contributed by atoms with E-state index in [4.69, 9.17) is 5.11 Å². The lowest BCUT2D eigenvalue weighted by molar-refractivity contribution is -0.146. The SMILES string of the molecule is CN(CC(C)(C)O)C(=O)COCC(=O)O. The number of aliphatic hydroxyl groups is 1. The molecule has 0 rings (SSSR count). The van der Waals surface area contributed by atoms with Gasteiger partial charge in [0.1, 0.15) is 13.2 Å². The van der Waals surface area contributed by atoms with Crippen LogP contribution < -0.4 is 0 Å². The van der Waals surface area contributed by atoms with Crippen molar-refractivity contribution in [1.82, 2.24) is 4.90 Å². The Morgan fingerprint density at radius 2 is 1.87 bits per heavy atom. The highest BCUT2D eigenvalue weighted by atomic mass is 16.5. The smallest absolute Gasteiger partial charge is 0.329 e. The maximum atomic E-state index is 11.3. The lowest BCUT2D eigenvalue weighted by atomic mass is 10.1. The lowest BCUT2D eigenvalue weighted by Crippen LogP contribution is -2.41. The van der Waals surface area contributed by atoms with Crippen molar-refractivity contribution in [1.29, 1.82) is 0 Å². The van der Waals surface area contributed by atoms with Gasteiger partial charge in [0.15, 0.2) is 0 Å². The van der Waals surface area contributed by atoms with E-state index in [1.54, 1.807) is 13.8 Å². The number of rotatable bonds is 6. The van der Waals surface area contributed by atoms with E-state index < -0.39 is 18.2 Å². The van der Waals surface area contributed by atoms with Crippen LogP contribution in [0, 0.1) is 0 Å². The summed E-state index contributed by atoms with van der Waals surface area (Å²) in [5.41, 5.74) is -0.975. The summed E-state index contributed by atoms with van der Waals surface area (Å²) in [7, 11) is 1.52. The van der Waals surface area contributed by atoms with Gasteiger partial charge in [-0.2, -0.15) is 0 Å². The molecule has 88 valence electrons. The van der Waals surface area contributed by atoms with Crippen molar-refractivity contribution in [2.75, 3.05) is 26.8 Å². The standard InChI is InChI=1S/C9H17NO5/c1-9(2,14)6-10(3)7(11)4-15-5-8(12)13/h14H,4-6H2,1-3H3,(H,12,13). The van der Waals surface area contributed by atoms with E-state index in [0.29, 0.717) is 0 Å². The third kappa shape index (κ3) is 7.90. The zero-order valence-electron chi connectivity index (χ0n) is 9.19. The first-order valence-electron chi connectivity index (χ1n) is 4.48. The second-order valence-electron chi connectivity index (χ2n) is 3.95. The first-order valence-corrected chi connectivity index (χ1v) is 4.48. The highest BCUT2D eigenvalue weighted by Gasteiger charge is 2.19. The molecule has 0 aliphatic carbocycles. The minimum atomic E-state index is -1.12. The molecule has 0 aromatic heterocycles. The van der Waals surface area contributed by atoms with Gasteiger partial charge in [0.2, 0.25) is 5.91 Å². The second kappa shape index (κ2) is 5.67. The molecule has 0 heterocycles. The second-order valence-corrected chi connectivity index (χ2v) is 3.95. The minimum Gasteiger partial charge on any atom is -0.480 e. The number of carbonyl (C=O) groups is 2. The Bertz CT molecular complexity index is 233. The fraction of sp³-hybridized carbons (Fsp3) is 0.778. The summed E-state index contributed by atoms with van der Waals surface area (Å²) in [6, 6.07) is 0. The van der Waals surface area contributed by atoms with Crippen molar-refractivity contribution in [2.45, 2.75) is 19.4 Å². The van der Waals surface area contributed by atoms with Crippen LogP contribution in [-0.2, 0) is 14.3 Å². The molecular weight excluding hydrogens is 202 g/mol. The van der Waals surface area contributed by atoms with Gasteiger partial charge in [0, 0.05) is 13.6 Å². The molecule has 0 fully saturated rings. The molecule has 0 unspecified atom stereocenters. The summed E-state index contributed by atoms with van der Waals surface area (Å²) >= 11 is 0. The van der Waals surface area contributed by atoms with E-state index >= 15 is 0 Å². The fourth-order valence-corrected chi connectivity index (χ4v) is 1.00. The number of nitrogens with zero attached hydrogens (tertiary/aromatic N) is 1. The molecule has 0 aliphatic heterocycles. The largest absolute Gasteiger partial charge is 0.480 e. The Morgan fingerprint density at radius 3 is 2.27 bits per heavy atom. The number of carbonyl (C=O) groups excluding carboxylic acids is 1. The maximum absolute atomic E-state index is 11.3. The van der Waals surface area contributed by atoms with Crippen LogP contribution >= 0.6 is 0 Å². The summed E-state index contributed by atoms with van der Waals surface area (Å²) in [6.07, 6.45) is 0. The first kappa shape index (κ1) is 13.9. The Morgan fingerprint density at radius 1 is 1.33 bits per heavy atom. The van der Waals surface area contributed by atoms with Crippen LogP contribution in [0.15, 0.2) is 0 Å². The van der Waals surface area contributed by atoms with Crippen molar-refractivity contribution >= 4 is 11.9 Å². The van der Waals surface area contributed by atoms with E-state index in [1.165, 1.54) is 11.9 Å². The molecule has 6 heteroatoms. The van der Waals surface area contributed by atoms with Crippen molar-refractivity contribution < 1.29 is 24.5 Å². The zero-order valence-corrected chi connectivity index (χ0v) is 9.19. The third-order valence-corrected chi connectivity index (χ3v) is 1.50. The van der Waals surface area contributed by atoms with Gasteiger partial charge in [-0.25, -0.2) is 4.79 Å². The van der Waals surface area contributed by atoms with Gasteiger partial charge in [0.05, 0.1) is 5.60 Å². The van der Waals surface area contributed by atoms with Gasteiger partial charge in [0.25, 0.3) is 0 Å². The topological polar surface area (TPSA) is 87.1 Å². The summed E-state index contributed by atoms with van der Waals surface area (Å²) in [5, 5.41) is 17.7. The normalized spacial score (nSPS) is 11.2. The molecule has 15 heavy (non-hydrogen) atoms. The summed E-state index contributed by atoms with van der Waals surface area (Å²) in [5.74, 6) is -1.48. The highest BCUT2D eigenvalue weighted by Crippen LogP contribution is 2.03. The van der Waals surface area contributed by atoms with Gasteiger partial charge >= 0.3 is 5.97 Å². The number of carboxylic acid groups (broad SMARTS) is 1. The molecular formula is C9H17NO5. The number of ether oxygens (including phenoxy) is 1. The number of carboxylic acids is 1. The van der Waals surface area contributed by atoms with Gasteiger partial charge in [-0.3, -0.25) is 4.79 Å². The van der Waals surface area contributed by atoms with Crippen molar-refractivity contribution in [3.8, 4) is 0 Å². The molecule has 1 amide bonds. The summed E-state index contributed by atoms with van der Waals surface area (Å²) < 4.78 is 4.62. The van der Waals surface area contributed by atoms with E-state index in [9.17, 15) is 14.7 Å². The van der Waals surface area contributed by atoms with Crippen LogP contribution in [0.25, 0.3) is 0 Å². The fourth-order valence-electron chi connectivity index (χ4n) is 1.00. The molecule has 0 aromatic carbocycles. The molecule has 0 saturated carbocycles. The Balaban J connectivity index is 3.85.